The van der Waals surface area contributed by atoms with E-state index in [-0.39, 0.29) is 0 Å². The lowest BCUT2D eigenvalue weighted by molar-refractivity contribution is -0.231. The van der Waals surface area contributed by atoms with Gasteiger partial charge < -0.3 is 9.47 Å². The van der Waals surface area contributed by atoms with E-state index in [4.69, 9.17) is 14.3 Å². The molecule has 3 aromatic heterocycles. The highest BCUT2D eigenvalue weighted by atomic mass is 16.8. The molecule has 160 valence electrons. The minimum absolute atomic E-state index is 0.380. The second-order valence-corrected chi connectivity index (χ2v) is 8.23. The van der Waals surface area contributed by atoms with Crippen molar-refractivity contribution in [1.82, 2.24) is 29.4 Å². The van der Waals surface area contributed by atoms with Gasteiger partial charge >= 0.3 is 6.09 Å². The van der Waals surface area contributed by atoms with Gasteiger partial charge in [-0.15, -0.1) is 0 Å². The van der Waals surface area contributed by atoms with Crippen LogP contribution in [0.1, 0.15) is 40.0 Å². The molecule has 0 N–H and O–H groups in total. The van der Waals surface area contributed by atoms with Crippen molar-refractivity contribution in [2.24, 2.45) is 7.05 Å². The molecule has 30 heavy (non-hydrogen) atoms. The number of amides is 1. The van der Waals surface area contributed by atoms with E-state index in [1.165, 1.54) is 5.06 Å². The summed E-state index contributed by atoms with van der Waals surface area (Å²) in [5.74, 6) is 0.380. The zero-order chi connectivity index (χ0) is 21.3. The number of aromatic nitrogens is 5. The fourth-order valence-corrected chi connectivity index (χ4v) is 3.14. The zero-order valence-electron chi connectivity index (χ0n) is 17.6. The third-order valence-corrected chi connectivity index (χ3v) is 4.49. The summed E-state index contributed by atoms with van der Waals surface area (Å²) >= 11 is 0. The number of aryl methyl sites for hydroxylation is 1. The number of carbonyl (C=O) groups is 1. The summed E-state index contributed by atoms with van der Waals surface area (Å²) in [6.07, 6.45) is 8.17. The maximum atomic E-state index is 12.5. The maximum absolute atomic E-state index is 12.5. The molecular formula is C20H26N6O4. The normalized spacial score (nSPS) is 17.7. The highest BCUT2D eigenvalue weighted by Crippen LogP contribution is 2.26. The Balaban J connectivity index is 1.58. The average Bonchev–Trinajstić information content (AvgIpc) is 3.24. The monoisotopic (exact) mass is 414 g/mol. The van der Waals surface area contributed by atoms with Crippen LogP contribution in [0.2, 0.25) is 0 Å². The molecule has 1 aliphatic heterocycles. The van der Waals surface area contributed by atoms with Gasteiger partial charge in [0.2, 0.25) is 12.2 Å². The van der Waals surface area contributed by atoms with Gasteiger partial charge in [-0.05, 0) is 39.7 Å². The topological polar surface area (TPSA) is 96.0 Å². The molecule has 1 saturated heterocycles. The molecule has 4 rings (SSSR count). The largest absolute Gasteiger partial charge is 0.444 e. The summed E-state index contributed by atoms with van der Waals surface area (Å²) < 4.78 is 15.0. The lowest BCUT2D eigenvalue weighted by atomic mass is 10.2. The number of hydrogen-bond donors (Lipinski definition) is 0. The molecule has 0 saturated carbocycles. The van der Waals surface area contributed by atoms with Crippen molar-refractivity contribution < 1.29 is 19.1 Å². The predicted molar refractivity (Wildman–Crippen MR) is 107 cm³/mol. The van der Waals surface area contributed by atoms with E-state index in [9.17, 15) is 4.79 Å². The van der Waals surface area contributed by atoms with Crippen LogP contribution in [0.15, 0.2) is 30.9 Å². The van der Waals surface area contributed by atoms with Crippen LogP contribution in [0.4, 0.5) is 4.79 Å². The van der Waals surface area contributed by atoms with Crippen LogP contribution in [0.5, 0.6) is 5.88 Å². The minimum atomic E-state index is -0.671. The Morgan fingerprint density at radius 3 is 2.80 bits per heavy atom. The molecule has 10 heteroatoms. The number of rotatable bonds is 3. The number of carbonyl (C=O) groups excluding carboxylic acids is 1. The molecule has 0 aromatic carbocycles. The third kappa shape index (κ3) is 4.54. The minimum Gasteiger partial charge on any atom is -0.444 e. The van der Waals surface area contributed by atoms with Gasteiger partial charge in [0.1, 0.15) is 11.1 Å². The summed E-state index contributed by atoms with van der Waals surface area (Å²) in [5.41, 5.74) is 1.62. The first-order valence-corrected chi connectivity index (χ1v) is 9.96. The van der Waals surface area contributed by atoms with Crippen molar-refractivity contribution in [2.45, 2.75) is 51.9 Å². The Morgan fingerprint density at radius 1 is 1.23 bits per heavy atom. The molecule has 3 aromatic rings. The first kappa shape index (κ1) is 20.1. The Morgan fingerprint density at radius 2 is 2.07 bits per heavy atom. The number of hydrogen-bond acceptors (Lipinski definition) is 7. The molecule has 1 fully saturated rings. The van der Waals surface area contributed by atoms with Crippen molar-refractivity contribution in [1.29, 1.82) is 0 Å². The smallest absolute Gasteiger partial charge is 0.434 e. The quantitative estimate of drug-likeness (QED) is 0.649. The molecule has 1 amide bonds. The molecule has 0 aliphatic carbocycles. The summed E-state index contributed by atoms with van der Waals surface area (Å²) in [6.45, 7) is 5.91. The van der Waals surface area contributed by atoms with Gasteiger partial charge in [-0.2, -0.15) is 15.3 Å². The van der Waals surface area contributed by atoms with E-state index in [0.29, 0.717) is 30.1 Å². The van der Waals surface area contributed by atoms with E-state index in [0.717, 1.165) is 18.4 Å². The average molecular weight is 414 g/mol. The summed E-state index contributed by atoms with van der Waals surface area (Å²) in [5, 5.41) is 9.75. The molecular weight excluding hydrogens is 388 g/mol. The van der Waals surface area contributed by atoms with E-state index in [1.807, 2.05) is 46.3 Å². The van der Waals surface area contributed by atoms with Crippen molar-refractivity contribution in [3.05, 3.63) is 30.9 Å². The maximum Gasteiger partial charge on any atom is 0.434 e. The van der Waals surface area contributed by atoms with E-state index < -0.39 is 18.0 Å². The number of nitrogens with zero attached hydrogens (tertiary/aromatic N) is 6. The van der Waals surface area contributed by atoms with Crippen molar-refractivity contribution in [3.63, 3.8) is 0 Å². The SMILES string of the molecule is Cn1cc(-c2cn3nccc3c(O[C@H]3CCCCN(C(=O)OC(C)(C)C)O3)n2)cn1. The number of hydroxylamine groups is 2. The first-order valence-electron chi connectivity index (χ1n) is 9.96. The second-order valence-electron chi connectivity index (χ2n) is 8.23. The van der Waals surface area contributed by atoms with Crippen molar-refractivity contribution in [3.8, 4) is 17.1 Å². The molecule has 4 heterocycles. The first-order chi connectivity index (χ1) is 14.3. The fraction of sp³-hybridized carbons (Fsp3) is 0.500. The molecule has 10 nitrogen and oxygen atoms in total. The summed E-state index contributed by atoms with van der Waals surface area (Å²) in [6, 6.07) is 1.82. The lowest BCUT2D eigenvalue weighted by Crippen LogP contribution is -2.40. The lowest BCUT2D eigenvalue weighted by Gasteiger charge is -2.27. The van der Waals surface area contributed by atoms with Gasteiger partial charge in [0.05, 0.1) is 30.8 Å². The predicted octanol–water partition coefficient (Wildman–Crippen LogP) is 3.19. The molecule has 0 unspecified atom stereocenters. The standard InChI is InChI=1S/C20H26N6O4/c1-20(2,3)29-19(27)26-10-6-5-7-17(30-26)28-18-16-8-9-21-25(16)13-15(23-18)14-11-22-24(4)12-14/h8-9,11-13,17H,5-7,10H2,1-4H3/t17-/m1/s1. The Hall–Kier alpha value is -3.14. The number of ether oxygens (including phenoxy) is 2. The summed E-state index contributed by atoms with van der Waals surface area (Å²) in [4.78, 5) is 23.0. The van der Waals surface area contributed by atoms with Crippen LogP contribution in [-0.2, 0) is 16.6 Å². The van der Waals surface area contributed by atoms with Gasteiger partial charge in [-0.1, -0.05) is 0 Å². The van der Waals surface area contributed by atoms with E-state index in [2.05, 4.69) is 15.2 Å². The van der Waals surface area contributed by atoms with Crippen LogP contribution >= 0.6 is 0 Å². The van der Waals surface area contributed by atoms with Crippen LogP contribution in [0, 0.1) is 0 Å². The van der Waals surface area contributed by atoms with Gasteiger partial charge in [-0.25, -0.2) is 19.1 Å². The van der Waals surface area contributed by atoms with Crippen LogP contribution < -0.4 is 4.74 Å². The zero-order valence-corrected chi connectivity index (χ0v) is 17.6. The summed E-state index contributed by atoms with van der Waals surface area (Å²) in [7, 11) is 1.85. The molecule has 0 bridgehead atoms. The highest BCUT2D eigenvalue weighted by Gasteiger charge is 2.29. The van der Waals surface area contributed by atoms with Crippen molar-refractivity contribution in [2.75, 3.05) is 6.54 Å². The van der Waals surface area contributed by atoms with Gasteiger partial charge in [0, 0.05) is 25.2 Å². The molecule has 1 aliphatic rings. The Labute approximate surface area is 174 Å². The van der Waals surface area contributed by atoms with Gasteiger partial charge in [0.15, 0.2) is 0 Å². The number of fused-ring (bicyclic) bond motifs is 1. The third-order valence-electron chi connectivity index (χ3n) is 4.49. The van der Waals surface area contributed by atoms with Crippen LogP contribution in [-0.4, -0.2) is 54.0 Å². The van der Waals surface area contributed by atoms with Gasteiger partial charge in [0.25, 0.3) is 0 Å². The molecule has 0 spiro atoms. The molecule has 1 atom stereocenters. The van der Waals surface area contributed by atoms with E-state index in [1.54, 1.807) is 21.6 Å². The second kappa shape index (κ2) is 7.94. The van der Waals surface area contributed by atoms with Crippen LogP contribution in [0.25, 0.3) is 16.8 Å². The van der Waals surface area contributed by atoms with Crippen molar-refractivity contribution >= 4 is 11.6 Å². The van der Waals surface area contributed by atoms with E-state index >= 15 is 0 Å². The Bertz CT molecular complexity index is 1040. The van der Waals surface area contributed by atoms with Gasteiger partial charge in [-0.3, -0.25) is 4.68 Å². The highest BCUT2D eigenvalue weighted by molar-refractivity contribution is 5.67. The van der Waals surface area contributed by atoms with Crippen LogP contribution in [0.3, 0.4) is 0 Å². The Kier molecular flexibility index (Phi) is 5.33. The molecule has 0 radical (unpaired) electrons. The fourth-order valence-electron chi connectivity index (χ4n) is 3.14.